The van der Waals surface area contributed by atoms with Gasteiger partial charge in [-0.2, -0.15) is 0 Å². The maximum atomic E-state index is 13.0. The lowest BCUT2D eigenvalue weighted by Gasteiger charge is -2.35. The molecule has 6 heteroatoms. The molecule has 0 bridgehead atoms. The summed E-state index contributed by atoms with van der Waals surface area (Å²) in [5, 5.41) is 2.66. The van der Waals surface area contributed by atoms with Gasteiger partial charge in [0.05, 0.1) is 12.2 Å². The van der Waals surface area contributed by atoms with Gasteiger partial charge in [0, 0.05) is 25.7 Å². The summed E-state index contributed by atoms with van der Waals surface area (Å²) in [5.74, 6) is -1.30. The molecule has 1 aromatic rings. The highest BCUT2D eigenvalue weighted by Crippen LogP contribution is 2.11. The van der Waals surface area contributed by atoms with Gasteiger partial charge >= 0.3 is 6.03 Å². The van der Waals surface area contributed by atoms with Crippen molar-refractivity contribution in [2.45, 2.75) is 32.6 Å². The van der Waals surface area contributed by atoms with Crippen molar-refractivity contribution in [2.24, 2.45) is 0 Å². The summed E-state index contributed by atoms with van der Waals surface area (Å²) in [5.41, 5.74) is 0.394. The van der Waals surface area contributed by atoms with E-state index in [-0.39, 0.29) is 24.8 Å². The molecule has 110 valence electrons. The highest BCUT2D eigenvalue weighted by molar-refractivity contribution is 5.74. The Labute approximate surface area is 116 Å². The molecule has 1 saturated heterocycles. The van der Waals surface area contributed by atoms with Gasteiger partial charge in [0.25, 0.3) is 0 Å². The van der Waals surface area contributed by atoms with Crippen LogP contribution in [0.2, 0.25) is 0 Å². The number of carbonyl (C=O) groups is 1. The van der Waals surface area contributed by atoms with Crippen molar-refractivity contribution in [1.29, 1.82) is 0 Å². The van der Waals surface area contributed by atoms with E-state index in [1.807, 2.05) is 13.8 Å². The highest BCUT2D eigenvalue weighted by atomic mass is 19.1. The quantitative estimate of drug-likeness (QED) is 0.905. The third-order valence-corrected chi connectivity index (χ3v) is 3.07. The van der Waals surface area contributed by atoms with Crippen LogP contribution in [0, 0.1) is 11.6 Å². The molecule has 0 spiro atoms. The van der Waals surface area contributed by atoms with Crippen molar-refractivity contribution in [3.8, 4) is 0 Å². The van der Waals surface area contributed by atoms with Crippen molar-refractivity contribution in [3.05, 3.63) is 35.4 Å². The van der Waals surface area contributed by atoms with E-state index in [0.29, 0.717) is 18.7 Å². The zero-order chi connectivity index (χ0) is 14.7. The molecular weight excluding hydrogens is 266 g/mol. The fraction of sp³-hybridized carbons (Fsp3) is 0.500. The SMILES string of the molecule is CC1CN(C(=O)NCc2cc(F)cc(F)c2)CC(C)O1. The normalized spacial score (nSPS) is 22.7. The van der Waals surface area contributed by atoms with Crippen LogP contribution in [-0.2, 0) is 11.3 Å². The lowest BCUT2D eigenvalue weighted by atomic mass is 10.2. The first-order valence-corrected chi connectivity index (χ1v) is 6.57. The molecule has 2 atom stereocenters. The van der Waals surface area contributed by atoms with Crippen LogP contribution in [0.4, 0.5) is 13.6 Å². The van der Waals surface area contributed by atoms with Gasteiger partial charge in [-0.25, -0.2) is 13.6 Å². The highest BCUT2D eigenvalue weighted by Gasteiger charge is 2.25. The van der Waals surface area contributed by atoms with Crippen molar-refractivity contribution in [3.63, 3.8) is 0 Å². The number of nitrogens with one attached hydrogen (secondary N) is 1. The average Bonchev–Trinajstić information content (AvgIpc) is 2.33. The van der Waals surface area contributed by atoms with Crippen LogP contribution < -0.4 is 5.32 Å². The van der Waals surface area contributed by atoms with Crippen LogP contribution >= 0.6 is 0 Å². The van der Waals surface area contributed by atoms with E-state index in [0.717, 1.165) is 6.07 Å². The van der Waals surface area contributed by atoms with Gasteiger partial charge < -0.3 is 15.0 Å². The summed E-state index contributed by atoms with van der Waals surface area (Å²) in [7, 11) is 0. The average molecular weight is 284 g/mol. The molecule has 1 heterocycles. The van der Waals surface area contributed by atoms with Gasteiger partial charge in [-0.05, 0) is 31.5 Å². The fourth-order valence-electron chi connectivity index (χ4n) is 2.35. The number of benzene rings is 1. The summed E-state index contributed by atoms with van der Waals surface area (Å²) in [6, 6.07) is 2.95. The number of ether oxygens (including phenoxy) is 1. The predicted octanol–water partition coefficient (Wildman–Crippen LogP) is 2.28. The van der Waals surface area contributed by atoms with E-state index in [9.17, 15) is 13.6 Å². The largest absolute Gasteiger partial charge is 0.372 e. The second kappa shape index (κ2) is 6.17. The van der Waals surface area contributed by atoms with Gasteiger partial charge in [0.1, 0.15) is 11.6 Å². The molecule has 0 aliphatic carbocycles. The van der Waals surface area contributed by atoms with Gasteiger partial charge in [-0.1, -0.05) is 0 Å². The minimum atomic E-state index is -0.650. The summed E-state index contributed by atoms with van der Waals surface area (Å²) < 4.78 is 31.6. The maximum absolute atomic E-state index is 13.0. The molecule has 2 unspecified atom stereocenters. The summed E-state index contributed by atoms with van der Waals surface area (Å²) in [6.45, 7) is 4.91. The number of halogens is 2. The van der Waals surface area contributed by atoms with Crippen LogP contribution in [0.5, 0.6) is 0 Å². The first kappa shape index (κ1) is 14.7. The number of amides is 2. The molecule has 0 saturated carbocycles. The molecule has 20 heavy (non-hydrogen) atoms. The molecule has 2 amide bonds. The summed E-state index contributed by atoms with van der Waals surface area (Å²) >= 11 is 0. The van der Waals surface area contributed by atoms with Gasteiger partial charge in [-0.15, -0.1) is 0 Å². The second-order valence-electron chi connectivity index (χ2n) is 5.10. The van der Waals surface area contributed by atoms with Crippen molar-refractivity contribution < 1.29 is 18.3 Å². The van der Waals surface area contributed by atoms with Gasteiger partial charge in [0.15, 0.2) is 0 Å². The van der Waals surface area contributed by atoms with Crippen LogP contribution in [0.3, 0.4) is 0 Å². The molecule has 4 nitrogen and oxygen atoms in total. The molecule has 1 aromatic carbocycles. The first-order chi connectivity index (χ1) is 9.44. The maximum Gasteiger partial charge on any atom is 0.317 e. The van der Waals surface area contributed by atoms with Crippen molar-refractivity contribution in [2.75, 3.05) is 13.1 Å². The Kier molecular flexibility index (Phi) is 4.54. The molecule has 1 N–H and O–H groups in total. The number of rotatable bonds is 2. The first-order valence-electron chi connectivity index (χ1n) is 6.57. The van der Waals surface area contributed by atoms with Crippen molar-refractivity contribution >= 4 is 6.03 Å². The van der Waals surface area contributed by atoms with E-state index >= 15 is 0 Å². The number of morpholine rings is 1. The van der Waals surface area contributed by atoms with Crippen LogP contribution in [0.25, 0.3) is 0 Å². The van der Waals surface area contributed by atoms with Crippen LogP contribution in [0.1, 0.15) is 19.4 Å². The Hall–Kier alpha value is -1.69. The number of carbonyl (C=O) groups excluding carboxylic acids is 1. The number of hydrogen-bond acceptors (Lipinski definition) is 2. The smallest absolute Gasteiger partial charge is 0.317 e. The Morgan fingerprint density at radius 1 is 1.25 bits per heavy atom. The zero-order valence-electron chi connectivity index (χ0n) is 11.5. The molecule has 0 aromatic heterocycles. The van der Waals surface area contributed by atoms with Gasteiger partial charge in [-0.3, -0.25) is 0 Å². The van der Waals surface area contributed by atoms with Crippen molar-refractivity contribution in [1.82, 2.24) is 10.2 Å². The molecule has 2 rings (SSSR count). The van der Waals surface area contributed by atoms with Crippen LogP contribution in [0.15, 0.2) is 18.2 Å². The van der Waals surface area contributed by atoms with E-state index in [4.69, 9.17) is 4.74 Å². The molecule has 1 aliphatic rings. The Morgan fingerprint density at radius 3 is 2.35 bits per heavy atom. The van der Waals surface area contributed by atoms with E-state index < -0.39 is 11.6 Å². The Morgan fingerprint density at radius 2 is 1.80 bits per heavy atom. The number of urea groups is 1. The zero-order valence-corrected chi connectivity index (χ0v) is 11.5. The molecule has 0 radical (unpaired) electrons. The summed E-state index contributed by atoms with van der Waals surface area (Å²) in [4.78, 5) is 13.7. The van der Waals surface area contributed by atoms with E-state index in [1.165, 1.54) is 12.1 Å². The topological polar surface area (TPSA) is 41.6 Å². The third kappa shape index (κ3) is 3.90. The molecule has 1 fully saturated rings. The Bertz CT molecular complexity index is 466. The summed E-state index contributed by atoms with van der Waals surface area (Å²) in [6.07, 6.45) is -0.0350. The predicted molar refractivity (Wildman–Crippen MR) is 70.2 cm³/mol. The fourth-order valence-corrected chi connectivity index (χ4v) is 2.35. The van der Waals surface area contributed by atoms with E-state index in [2.05, 4.69) is 5.32 Å². The van der Waals surface area contributed by atoms with E-state index in [1.54, 1.807) is 4.90 Å². The monoisotopic (exact) mass is 284 g/mol. The van der Waals surface area contributed by atoms with Crippen LogP contribution in [-0.4, -0.2) is 36.2 Å². The lowest BCUT2D eigenvalue weighted by molar-refractivity contribution is -0.0545. The minimum Gasteiger partial charge on any atom is -0.372 e. The second-order valence-corrected chi connectivity index (χ2v) is 5.10. The number of hydrogen-bond donors (Lipinski definition) is 1. The number of nitrogens with zero attached hydrogens (tertiary/aromatic N) is 1. The minimum absolute atomic E-state index is 0.0175. The lowest BCUT2D eigenvalue weighted by Crippen LogP contribution is -2.51. The van der Waals surface area contributed by atoms with Gasteiger partial charge in [0.2, 0.25) is 0 Å². The third-order valence-electron chi connectivity index (χ3n) is 3.07. The molecular formula is C14H18F2N2O2. The standard InChI is InChI=1S/C14H18F2N2O2/c1-9-7-18(8-10(2)20-9)14(19)17-6-11-3-12(15)5-13(16)4-11/h3-5,9-10H,6-8H2,1-2H3,(H,17,19). The Balaban J connectivity index is 1.91. The molecule has 1 aliphatic heterocycles.